The maximum atomic E-state index is 10.6. The molecule has 0 radical (unpaired) electrons. The first-order valence-electron chi connectivity index (χ1n) is 4.81. The summed E-state index contributed by atoms with van der Waals surface area (Å²) in [6, 6.07) is 7.81. The van der Waals surface area contributed by atoms with Crippen LogP contribution in [0.1, 0.15) is 26.3 Å². The molecule has 0 heterocycles. The maximum Gasteiger partial charge on any atom is 0.162 e. The van der Waals surface area contributed by atoms with Gasteiger partial charge in [-0.1, -0.05) is 19.1 Å². The summed E-state index contributed by atoms with van der Waals surface area (Å²) in [6.45, 7) is 5.59. The van der Waals surface area contributed by atoms with Crippen molar-refractivity contribution in [1.29, 1.82) is 0 Å². The molecule has 0 bridgehead atoms. The Morgan fingerprint density at radius 2 is 1.86 bits per heavy atom. The van der Waals surface area contributed by atoms with Gasteiger partial charge in [0.15, 0.2) is 11.9 Å². The summed E-state index contributed by atoms with van der Waals surface area (Å²) in [7, 11) is 0. The van der Waals surface area contributed by atoms with Crippen molar-refractivity contribution < 1.29 is 9.53 Å². The molecule has 0 aromatic heterocycles. The Labute approximate surface area is 84.9 Å². The molecule has 1 aromatic rings. The fourth-order valence-electron chi connectivity index (χ4n) is 1.12. The lowest BCUT2D eigenvalue weighted by atomic mass is 10.1. The molecule has 0 N–H and O–H groups in total. The number of rotatable bonds is 4. The van der Waals surface area contributed by atoms with Crippen LogP contribution in [0.2, 0.25) is 0 Å². The van der Waals surface area contributed by atoms with Gasteiger partial charge >= 0.3 is 0 Å². The zero-order chi connectivity index (χ0) is 10.6. The molecule has 0 amide bonds. The molecule has 2 nitrogen and oxygen atoms in total. The van der Waals surface area contributed by atoms with Crippen molar-refractivity contribution in [2.45, 2.75) is 32.8 Å². The van der Waals surface area contributed by atoms with Crippen molar-refractivity contribution >= 4 is 6.29 Å². The Hall–Kier alpha value is -1.31. The van der Waals surface area contributed by atoms with Crippen molar-refractivity contribution in [3.8, 4) is 5.75 Å². The second kappa shape index (κ2) is 4.27. The lowest BCUT2D eigenvalue weighted by Gasteiger charge is -2.19. The molecule has 0 aliphatic carbocycles. The van der Waals surface area contributed by atoms with Crippen LogP contribution in [0.5, 0.6) is 5.75 Å². The predicted molar refractivity (Wildman–Crippen MR) is 56.6 cm³/mol. The van der Waals surface area contributed by atoms with Crippen LogP contribution in [0, 0.1) is 0 Å². The van der Waals surface area contributed by atoms with Crippen molar-refractivity contribution in [2.24, 2.45) is 0 Å². The Balaban J connectivity index is 2.73. The number of hydrogen-bond donors (Lipinski definition) is 0. The van der Waals surface area contributed by atoms with Crippen LogP contribution in [-0.4, -0.2) is 11.9 Å². The van der Waals surface area contributed by atoms with Gasteiger partial charge in [-0.25, -0.2) is 0 Å². The van der Waals surface area contributed by atoms with Crippen molar-refractivity contribution in [1.82, 2.24) is 0 Å². The number of aryl methyl sites for hydroxylation is 1. The molecule has 1 aromatic carbocycles. The first kappa shape index (κ1) is 10.8. The smallest absolute Gasteiger partial charge is 0.162 e. The van der Waals surface area contributed by atoms with Crippen LogP contribution in [0.15, 0.2) is 24.3 Å². The highest BCUT2D eigenvalue weighted by Crippen LogP contribution is 2.17. The van der Waals surface area contributed by atoms with Gasteiger partial charge in [-0.05, 0) is 38.0 Å². The van der Waals surface area contributed by atoms with Crippen molar-refractivity contribution in [3.05, 3.63) is 29.8 Å². The molecule has 0 unspecified atom stereocenters. The lowest BCUT2D eigenvalue weighted by molar-refractivity contribution is -0.118. The summed E-state index contributed by atoms with van der Waals surface area (Å²) in [5.74, 6) is 0.735. The number of benzene rings is 1. The quantitative estimate of drug-likeness (QED) is 0.685. The zero-order valence-electron chi connectivity index (χ0n) is 8.91. The summed E-state index contributed by atoms with van der Waals surface area (Å²) in [6.07, 6.45) is 1.82. The molecule has 0 fully saturated rings. The third-order valence-electron chi connectivity index (χ3n) is 2.00. The third-order valence-corrected chi connectivity index (χ3v) is 2.00. The summed E-state index contributed by atoms with van der Waals surface area (Å²) < 4.78 is 5.48. The summed E-state index contributed by atoms with van der Waals surface area (Å²) in [4.78, 5) is 10.6. The minimum atomic E-state index is -0.742. The molecule has 0 atom stereocenters. The molecule has 14 heavy (non-hydrogen) atoms. The largest absolute Gasteiger partial charge is 0.480 e. The minimum absolute atomic E-state index is 0.735. The van der Waals surface area contributed by atoms with Crippen LogP contribution < -0.4 is 4.74 Å². The van der Waals surface area contributed by atoms with E-state index >= 15 is 0 Å². The van der Waals surface area contributed by atoms with E-state index in [-0.39, 0.29) is 0 Å². The minimum Gasteiger partial charge on any atom is -0.480 e. The Kier molecular flexibility index (Phi) is 3.28. The fourth-order valence-corrected chi connectivity index (χ4v) is 1.12. The third kappa shape index (κ3) is 2.87. The van der Waals surface area contributed by atoms with E-state index in [9.17, 15) is 4.79 Å². The molecule has 0 aliphatic rings. The van der Waals surface area contributed by atoms with Gasteiger partial charge in [-0.3, -0.25) is 4.79 Å². The predicted octanol–water partition coefficient (Wildman–Crippen LogP) is 2.61. The maximum absolute atomic E-state index is 10.6. The lowest BCUT2D eigenvalue weighted by Crippen LogP contribution is -2.29. The standard InChI is InChI=1S/C12H16O2/c1-4-10-5-7-11(8-6-10)14-12(2,3)9-13/h5-9H,4H2,1-3H3. The average molecular weight is 192 g/mol. The molecule has 0 spiro atoms. The van der Waals surface area contributed by atoms with Gasteiger partial charge in [-0.15, -0.1) is 0 Å². The zero-order valence-corrected chi connectivity index (χ0v) is 8.91. The van der Waals surface area contributed by atoms with E-state index < -0.39 is 5.60 Å². The SMILES string of the molecule is CCc1ccc(OC(C)(C)C=O)cc1. The molecule has 0 saturated carbocycles. The van der Waals surface area contributed by atoms with Crippen molar-refractivity contribution in [3.63, 3.8) is 0 Å². The van der Waals surface area contributed by atoms with Gasteiger partial charge in [0.25, 0.3) is 0 Å². The highest BCUT2D eigenvalue weighted by atomic mass is 16.5. The Morgan fingerprint density at radius 3 is 2.29 bits per heavy atom. The monoisotopic (exact) mass is 192 g/mol. The normalized spacial score (nSPS) is 11.1. The molecule has 1 rings (SSSR count). The second-order valence-corrected chi connectivity index (χ2v) is 3.82. The number of aldehydes is 1. The average Bonchev–Trinajstić information content (AvgIpc) is 2.19. The molecule has 0 saturated heterocycles. The fraction of sp³-hybridized carbons (Fsp3) is 0.417. The van der Waals surface area contributed by atoms with Gasteiger partial charge in [0.2, 0.25) is 0 Å². The van der Waals surface area contributed by atoms with E-state index in [0.29, 0.717) is 0 Å². The summed E-state index contributed by atoms with van der Waals surface area (Å²) >= 11 is 0. The summed E-state index contributed by atoms with van der Waals surface area (Å²) in [5, 5.41) is 0. The summed E-state index contributed by atoms with van der Waals surface area (Å²) in [5.41, 5.74) is 0.523. The van der Waals surface area contributed by atoms with Gasteiger partial charge in [0, 0.05) is 0 Å². The van der Waals surface area contributed by atoms with Crippen LogP contribution in [0.3, 0.4) is 0 Å². The van der Waals surface area contributed by atoms with E-state index in [4.69, 9.17) is 4.74 Å². The van der Waals surface area contributed by atoms with E-state index in [2.05, 4.69) is 6.92 Å². The van der Waals surface area contributed by atoms with Gasteiger partial charge < -0.3 is 4.74 Å². The van der Waals surface area contributed by atoms with Crippen LogP contribution >= 0.6 is 0 Å². The number of ether oxygens (including phenoxy) is 1. The molecule has 76 valence electrons. The first-order valence-corrected chi connectivity index (χ1v) is 4.81. The van der Waals surface area contributed by atoms with E-state index in [1.807, 2.05) is 24.3 Å². The molecular formula is C12H16O2. The van der Waals surface area contributed by atoms with E-state index in [1.54, 1.807) is 13.8 Å². The Bertz CT molecular complexity index is 299. The highest BCUT2D eigenvalue weighted by molar-refractivity contribution is 5.61. The molecule has 0 aliphatic heterocycles. The number of hydrogen-bond acceptors (Lipinski definition) is 2. The topological polar surface area (TPSA) is 26.3 Å². The van der Waals surface area contributed by atoms with Crippen LogP contribution in [0.4, 0.5) is 0 Å². The van der Waals surface area contributed by atoms with E-state index in [1.165, 1.54) is 5.56 Å². The first-order chi connectivity index (χ1) is 6.57. The van der Waals surface area contributed by atoms with Gasteiger partial charge in [0.05, 0.1) is 0 Å². The second-order valence-electron chi connectivity index (χ2n) is 3.82. The Morgan fingerprint density at radius 1 is 1.29 bits per heavy atom. The van der Waals surface area contributed by atoms with Crippen molar-refractivity contribution in [2.75, 3.05) is 0 Å². The number of carbonyl (C=O) groups excluding carboxylic acids is 1. The van der Waals surface area contributed by atoms with E-state index in [0.717, 1.165) is 18.5 Å². The van der Waals surface area contributed by atoms with Gasteiger partial charge in [0.1, 0.15) is 5.75 Å². The van der Waals surface area contributed by atoms with Gasteiger partial charge in [-0.2, -0.15) is 0 Å². The highest BCUT2D eigenvalue weighted by Gasteiger charge is 2.17. The molecular weight excluding hydrogens is 176 g/mol. The number of carbonyl (C=O) groups is 1. The molecule has 2 heteroatoms. The van der Waals surface area contributed by atoms with Crippen LogP contribution in [-0.2, 0) is 11.2 Å². The van der Waals surface area contributed by atoms with Crippen LogP contribution in [0.25, 0.3) is 0 Å².